The molecule has 2 unspecified atom stereocenters. The van der Waals surface area contributed by atoms with Gasteiger partial charge in [0.1, 0.15) is 18.2 Å². The third kappa shape index (κ3) is 5.71. The van der Waals surface area contributed by atoms with Crippen molar-refractivity contribution in [2.45, 2.75) is 53.2 Å². The second-order valence-corrected chi connectivity index (χ2v) is 5.13. The highest BCUT2D eigenvalue weighted by Gasteiger charge is 2.10. The molecule has 0 aliphatic heterocycles. The fourth-order valence-corrected chi connectivity index (χ4v) is 1.98. The normalized spacial score (nSPS) is 13.8. The predicted octanol–water partition coefficient (Wildman–Crippen LogP) is 2.54. The summed E-state index contributed by atoms with van der Waals surface area (Å²) in [6, 6.07) is 2.16. The summed E-state index contributed by atoms with van der Waals surface area (Å²) in [6.07, 6.45) is 2.29. The summed E-state index contributed by atoms with van der Waals surface area (Å²) >= 11 is 0. The number of nitrogens with zero attached hydrogens (tertiary/aromatic N) is 2. The number of rotatable bonds is 9. The smallest absolute Gasteiger partial charge is 0.158 e. The Hall–Kier alpha value is -1.40. The van der Waals surface area contributed by atoms with E-state index in [9.17, 15) is 0 Å². The zero-order valence-corrected chi connectivity index (χ0v) is 12.9. The van der Waals surface area contributed by atoms with Gasteiger partial charge in [-0.3, -0.25) is 0 Å². The van der Waals surface area contributed by atoms with Crippen LogP contribution >= 0.6 is 0 Å². The maximum absolute atomic E-state index is 5.44. The number of nitrogen functional groups attached to an aromatic ring is 1. The Labute approximate surface area is 121 Å². The fraction of sp³-hybridized carbons (Fsp3) is 0.714. The van der Waals surface area contributed by atoms with Crippen LogP contribution in [0.25, 0.3) is 0 Å². The van der Waals surface area contributed by atoms with Gasteiger partial charge in [-0.2, -0.15) is 0 Å². The lowest BCUT2D eigenvalue weighted by molar-refractivity contribution is 0.128. The average molecular weight is 281 g/mol. The molecule has 0 bridgehead atoms. The lowest BCUT2D eigenvalue weighted by Gasteiger charge is -2.18. The number of hydrazine groups is 1. The van der Waals surface area contributed by atoms with Gasteiger partial charge in [0.05, 0.1) is 0 Å². The first-order valence-electron chi connectivity index (χ1n) is 7.27. The Balaban J connectivity index is 2.72. The first kappa shape index (κ1) is 16.7. The molecule has 0 saturated heterocycles. The molecule has 1 aromatic rings. The molecule has 2 atom stereocenters. The summed E-state index contributed by atoms with van der Waals surface area (Å²) in [5.74, 6) is 8.12. The van der Waals surface area contributed by atoms with Gasteiger partial charge in [0.25, 0.3) is 0 Å². The summed E-state index contributed by atoms with van der Waals surface area (Å²) in [6.45, 7) is 9.59. The van der Waals surface area contributed by atoms with E-state index in [0.29, 0.717) is 36.8 Å². The molecule has 0 saturated carbocycles. The molecule has 6 heteroatoms. The average Bonchev–Trinajstić information content (AvgIpc) is 2.44. The lowest BCUT2D eigenvalue weighted by Crippen LogP contribution is -2.20. The molecule has 0 amide bonds. The molecule has 1 rings (SSSR count). The number of aromatic nitrogens is 2. The number of hydrogen-bond donors (Lipinski definition) is 3. The molecule has 1 aromatic heterocycles. The van der Waals surface area contributed by atoms with Crippen molar-refractivity contribution < 1.29 is 4.74 Å². The van der Waals surface area contributed by atoms with Gasteiger partial charge >= 0.3 is 0 Å². The van der Waals surface area contributed by atoms with Crippen LogP contribution < -0.4 is 16.6 Å². The maximum atomic E-state index is 5.44. The van der Waals surface area contributed by atoms with Crippen LogP contribution in [0, 0.1) is 5.92 Å². The minimum Gasteiger partial charge on any atom is -0.374 e. The molecule has 6 nitrogen and oxygen atoms in total. The quantitative estimate of drug-likeness (QED) is 0.476. The van der Waals surface area contributed by atoms with Gasteiger partial charge in [-0.25, -0.2) is 15.8 Å². The summed E-state index contributed by atoms with van der Waals surface area (Å²) in [5, 5.41) is 3.40. The molecule has 114 valence electrons. The van der Waals surface area contributed by atoms with E-state index >= 15 is 0 Å². The molecule has 0 aliphatic rings. The number of nitrogens with one attached hydrogen (secondary N) is 2. The van der Waals surface area contributed by atoms with E-state index in [4.69, 9.17) is 10.6 Å². The third-order valence-electron chi connectivity index (χ3n) is 3.20. The Morgan fingerprint density at radius 2 is 1.95 bits per heavy atom. The topological polar surface area (TPSA) is 85.1 Å². The van der Waals surface area contributed by atoms with Crippen molar-refractivity contribution in [3.05, 3.63) is 11.9 Å². The minimum atomic E-state index is 0.352. The zero-order chi connectivity index (χ0) is 15.0. The Morgan fingerprint density at radius 3 is 2.55 bits per heavy atom. The van der Waals surface area contributed by atoms with Gasteiger partial charge < -0.3 is 15.5 Å². The van der Waals surface area contributed by atoms with Crippen LogP contribution in [0.15, 0.2) is 6.07 Å². The van der Waals surface area contributed by atoms with E-state index in [0.717, 1.165) is 12.2 Å². The molecule has 0 fully saturated rings. The Kier molecular flexibility index (Phi) is 7.25. The van der Waals surface area contributed by atoms with Crippen LogP contribution in [0.4, 0.5) is 11.6 Å². The van der Waals surface area contributed by atoms with E-state index in [1.54, 1.807) is 0 Å². The number of hydrogen-bond acceptors (Lipinski definition) is 6. The molecule has 4 N–H and O–H groups in total. The summed E-state index contributed by atoms with van der Waals surface area (Å²) in [4.78, 5) is 8.71. The Morgan fingerprint density at radius 1 is 1.25 bits per heavy atom. The number of nitrogens with two attached hydrogens (primary N) is 1. The van der Waals surface area contributed by atoms with E-state index in [1.165, 1.54) is 6.42 Å². The zero-order valence-electron chi connectivity index (χ0n) is 12.9. The highest BCUT2D eigenvalue weighted by Crippen LogP contribution is 2.16. The second kappa shape index (κ2) is 8.71. The van der Waals surface area contributed by atoms with Gasteiger partial charge in [-0.05, 0) is 26.2 Å². The van der Waals surface area contributed by atoms with Crippen LogP contribution in [0.5, 0.6) is 0 Å². The van der Waals surface area contributed by atoms with Crippen LogP contribution in [0.3, 0.4) is 0 Å². The molecule has 20 heavy (non-hydrogen) atoms. The van der Waals surface area contributed by atoms with E-state index in [-0.39, 0.29) is 0 Å². The van der Waals surface area contributed by atoms with E-state index in [2.05, 4.69) is 41.5 Å². The molecule has 0 aromatic carbocycles. The molecule has 0 spiro atoms. The van der Waals surface area contributed by atoms with E-state index in [1.807, 2.05) is 13.0 Å². The second-order valence-electron chi connectivity index (χ2n) is 5.13. The molecule has 0 radical (unpaired) electrons. The van der Waals surface area contributed by atoms with Gasteiger partial charge in [-0.1, -0.05) is 20.3 Å². The summed E-state index contributed by atoms with van der Waals surface area (Å²) in [5.41, 5.74) is 2.56. The Bertz CT molecular complexity index is 399. The molecular formula is C14H27N5O. The standard InChI is InChI=1S/C14H27N5O/c1-5-10(3)7-11(4)16-12-8-13(19-15)18-14(17-12)9-20-6-2/h8,10-11H,5-7,9,15H2,1-4H3,(H2,16,17,18,19). The highest BCUT2D eigenvalue weighted by molar-refractivity contribution is 5.47. The number of anilines is 2. The molecular weight excluding hydrogens is 254 g/mol. The monoisotopic (exact) mass is 281 g/mol. The maximum Gasteiger partial charge on any atom is 0.158 e. The fourth-order valence-electron chi connectivity index (χ4n) is 1.98. The largest absolute Gasteiger partial charge is 0.374 e. The summed E-state index contributed by atoms with van der Waals surface area (Å²) in [7, 11) is 0. The SMILES string of the molecule is CCOCc1nc(NN)cc(NC(C)CC(C)CC)n1. The number of ether oxygens (including phenoxy) is 1. The van der Waals surface area contributed by atoms with Gasteiger partial charge in [0.2, 0.25) is 0 Å². The lowest BCUT2D eigenvalue weighted by atomic mass is 10.0. The summed E-state index contributed by atoms with van der Waals surface area (Å²) < 4.78 is 5.34. The molecule has 0 aliphatic carbocycles. The van der Waals surface area contributed by atoms with Gasteiger partial charge in [0.15, 0.2) is 5.82 Å². The van der Waals surface area contributed by atoms with Crippen molar-refractivity contribution in [1.82, 2.24) is 9.97 Å². The van der Waals surface area contributed by atoms with Gasteiger partial charge in [-0.15, -0.1) is 0 Å². The van der Waals surface area contributed by atoms with Crippen LogP contribution in [-0.4, -0.2) is 22.6 Å². The van der Waals surface area contributed by atoms with Crippen molar-refractivity contribution >= 4 is 11.6 Å². The van der Waals surface area contributed by atoms with Crippen molar-refractivity contribution in [2.75, 3.05) is 17.3 Å². The third-order valence-corrected chi connectivity index (χ3v) is 3.20. The van der Waals surface area contributed by atoms with Gasteiger partial charge in [0, 0.05) is 18.7 Å². The predicted molar refractivity (Wildman–Crippen MR) is 82.3 cm³/mol. The minimum absolute atomic E-state index is 0.352. The van der Waals surface area contributed by atoms with Crippen LogP contribution in [0.2, 0.25) is 0 Å². The van der Waals surface area contributed by atoms with Crippen molar-refractivity contribution in [2.24, 2.45) is 11.8 Å². The highest BCUT2D eigenvalue weighted by atomic mass is 16.5. The van der Waals surface area contributed by atoms with Crippen molar-refractivity contribution in [1.29, 1.82) is 0 Å². The first-order chi connectivity index (χ1) is 9.58. The molecule has 1 heterocycles. The first-order valence-corrected chi connectivity index (χ1v) is 7.27. The van der Waals surface area contributed by atoms with E-state index < -0.39 is 0 Å². The van der Waals surface area contributed by atoms with Crippen molar-refractivity contribution in [3.63, 3.8) is 0 Å². The van der Waals surface area contributed by atoms with Crippen LogP contribution in [0.1, 0.15) is 46.4 Å². The van der Waals surface area contributed by atoms with Crippen LogP contribution in [-0.2, 0) is 11.3 Å². The van der Waals surface area contributed by atoms with Crippen molar-refractivity contribution in [3.8, 4) is 0 Å².